The maximum atomic E-state index is 11.6. The maximum Gasteiger partial charge on any atom is 0.252 e. The van der Waals surface area contributed by atoms with Crippen molar-refractivity contribution >= 4 is 5.82 Å². The third-order valence-electron chi connectivity index (χ3n) is 4.23. The summed E-state index contributed by atoms with van der Waals surface area (Å²) >= 11 is 0. The molecule has 0 spiro atoms. The quantitative estimate of drug-likeness (QED) is 0.768. The first-order valence-corrected chi connectivity index (χ1v) is 7.21. The van der Waals surface area contributed by atoms with Crippen molar-refractivity contribution in [2.75, 3.05) is 25.0 Å². The van der Waals surface area contributed by atoms with Crippen LogP contribution in [0.25, 0.3) is 0 Å². The highest BCUT2D eigenvalue weighted by atomic mass is 16.1. The molecule has 104 valence electrons. The third-order valence-corrected chi connectivity index (χ3v) is 4.23. The predicted molar refractivity (Wildman–Crippen MR) is 75.5 cm³/mol. The molecule has 5 nitrogen and oxygen atoms in total. The summed E-state index contributed by atoms with van der Waals surface area (Å²) in [6.07, 6.45) is 4.63. The number of hydrogen-bond donors (Lipinski definition) is 3. The summed E-state index contributed by atoms with van der Waals surface area (Å²) in [6.45, 7) is 5.34. The van der Waals surface area contributed by atoms with Crippen LogP contribution in [0.2, 0.25) is 0 Å². The van der Waals surface area contributed by atoms with E-state index in [1.54, 1.807) is 6.07 Å². The fraction of sp³-hybridized carbons (Fsp3) is 0.714. The van der Waals surface area contributed by atoms with E-state index in [0.717, 1.165) is 44.1 Å². The monoisotopic (exact) mass is 262 g/mol. The Morgan fingerprint density at radius 3 is 2.84 bits per heavy atom. The average molecular weight is 262 g/mol. The molecule has 1 aliphatic carbocycles. The lowest BCUT2D eigenvalue weighted by molar-refractivity contribution is 0.247. The Kier molecular flexibility index (Phi) is 3.31. The third kappa shape index (κ3) is 3.15. The van der Waals surface area contributed by atoms with Crippen LogP contribution in [0, 0.1) is 5.41 Å². The molecule has 2 aliphatic rings. The van der Waals surface area contributed by atoms with Crippen molar-refractivity contribution in [3.05, 3.63) is 22.2 Å². The highest BCUT2D eigenvalue weighted by Gasteiger charge is 2.28. The van der Waals surface area contributed by atoms with Gasteiger partial charge in [0.1, 0.15) is 11.6 Å². The van der Waals surface area contributed by atoms with Crippen LogP contribution < -0.4 is 16.2 Å². The van der Waals surface area contributed by atoms with Crippen molar-refractivity contribution in [1.29, 1.82) is 0 Å². The molecule has 2 heterocycles. The molecule has 0 radical (unpaired) electrons. The van der Waals surface area contributed by atoms with Gasteiger partial charge in [0.15, 0.2) is 0 Å². The van der Waals surface area contributed by atoms with Crippen LogP contribution in [-0.4, -0.2) is 29.6 Å². The van der Waals surface area contributed by atoms with E-state index in [0.29, 0.717) is 11.3 Å². The molecule has 0 unspecified atom stereocenters. The zero-order valence-electron chi connectivity index (χ0n) is 11.5. The lowest BCUT2D eigenvalue weighted by Crippen LogP contribution is -2.39. The number of piperidine rings is 1. The second kappa shape index (κ2) is 4.96. The summed E-state index contributed by atoms with van der Waals surface area (Å²) in [5.41, 5.74) is 0.254. The Balaban J connectivity index is 1.67. The largest absolute Gasteiger partial charge is 0.369 e. The van der Waals surface area contributed by atoms with Crippen molar-refractivity contribution in [3.8, 4) is 0 Å². The van der Waals surface area contributed by atoms with Crippen LogP contribution in [0.5, 0.6) is 0 Å². The van der Waals surface area contributed by atoms with Crippen LogP contribution in [0.4, 0.5) is 5.82 Å². The average Bonchev–Trinajstić information content (AvgIpc) is 3.21. The number of anilines is 1. The van der Waals surface area contributed by atoms with Crippen LogP contribution in [0.1, 0.15) is 44.3 Å². The molecule has 1 aromatic heterocycles. The predicted octanol–water partition coefficient (Wildman–Crippen LogP) is 1.45. The second-order valence-corrected chi connectivity index (χ2v) is 6.20. The molecule has 1 saturated heterocycles. The number of nitrogens with one attached hydrogen (secondary N) is 3. The van der Waals surface area contributed by atoms with E-state index < -0.39 is 0 Å². The van der Waals surface area contributed by atoms with Crippen LogP contribution in [0.3, 0.4) is 0 Å². The maximum absolute atomic E-state index is 11.6. The van der Waals surface area contributed by atoms with Gasteiger partial charge >= 0.3 is 0 Å². The molecule has 1 aliphatic heterocycles. The summed E-state index contributed by atoms with van der Waals surface area (Å²) < 4.78 is 0. The molecule has 1 saturated carbocycles. The van der Waals surface area contributed by atoms with Gasteiger partial charge < -0.3 is 15.6 Å². The number of aromatic amines is 1. The van der Waals surface area contributed by atoms with Gasteiger partial charge in [-0.2, -0.15) is 0 Å². The van der Waals surface area contributed by atoms with Gasteiger partial charge in [-0.15, -0.1) is 0 Å². The van der Waals surface area contributed by atoms with Gasteiger partial charge in [0, 0.05) is 18.5 Å². The fourth-order valence-corrected chi connectivity index (χ4v) is 2.63. The van der Waals surface area contributed by atoms with Gasteiger partial charge in [0.25, 0.3) is 5.56 Å². The highest BCUT2D eigenvalue weighted by molar-refractivity contribution is 5.34. The number of rotatable bonds is 4. The lowest BCUT2D eigenvalue weighted by atomic mass is 9.81. The Morgan fingerprint density at radius 2 is 2.16 bits per heavy atom. The molecule has 5 heteroatoms. The first-order chi connectivity index (χ1) is 9.15. The van der Waals surface area contributed by atoms with Crippen molar-refractivity contribution in [2.24, 2.45) is 5.41 Å². The summed E-state index contributed by atoms with van der Waals surface area (Å²) in [5, 5.41) is 6.74. The number of hydrogen-bond acceptors (Lipinski definition) is 4. The first-order valence-electron chi connectivity index (χ1n) is 7.21. The van der Waals surface area contributed by atoms with Gasteiger partial charge in [0.05, 0.1) is 0 Å². The molecule has 1 aromatic rings. The van der Waals surface area contributed by atoms with E-state index in [4.69, 9.17) is 0 Å². The molecule has 3 N–H and O–H groups in total. The first kappa shape index (κ1) is 12.7. The molecule has 2 fully saturated rings. The Bertz CT molecular complexity index is 500. The Hall–Kier alpha value is -1.36. The van der Waals surface area contributed by atoms with Gasteiger partial charge in [-0.3, -0.25) is 4.79 Å². The van der Waals surface area contributed by atoms with Crippen LogP contribution in [-0.2, 0) is 0 Å². The smallest absolute Gasteiger partial charge is 0.252 e. The number of aromatic nitrogens is 2. The topological polar surface area (TPSA) is 69.8 Å². The highest BCUT2D eigenvalue weighted by Crippen LogP contribution is 2.37. The summed E-state index contributed by atoms with van der Waals surface area (Å²) in [5.74, 6) is 2.06. The van der Waals surface area contributed by atoms with E-state index in [-0.39, 0.29) is 5.56 Å². The zero-order valence-corrected chi connectivity index (χ0v) is 11.5. The van der Waals surface area contributed by atoms with Crippen molar-refractivity contribution in [2.45, 2.75) is 38.5 Å². The summed E-state index contributed by atoms with van der Waals surface area (Å²) in [4.78, 5) is 19.0. The number of nitrogens with zero attached hydrogens (tertiary/aromatic N) is 1. The number of H-pyrrole nitrogens is 1. The second-order valence-electron chi connectivity index (χ2n) is 6.20. The molecular formula is C14H22N4O. The zero-order chi connectivity index (χ0) is 13.3. The molecule has 0 bridgehead atoms. The summed E-state index contributed by atoms with van der Waals surface area (Å²) in [6, 6.07) is 1.57. The molecule has 19 heavy (non-hydrogen) atoms. The Morgan fingerprint density at radius 1 is 1.42 bits per heavy atom. The SMILES string of the molecule is CC1(CNc2cc(=O)[nH]c(C3CC3)n2)CCNCC1. The van der Waals surface area contributed by atoms with E-state index in [2.05, 4.69) is 27.5 Å². The Labute approximate surface area is 113 Å². The van der Waals surface area contributed by atoms with E-state index in [1.807, 2.05) is 0 Å². The fourth-order valence-electron chi connectivity index (χ4n) is 2.63. The van der Waals surface area contributed by atoms with Crippen molar-refractivity contribution < 1.29 is 0 Å². The van der Waals surface area contributed by atoms with Gasteiger partial charge in [0.2, 0.25) is 0 Å². The minimum atomic E-state index is -0.0464. The van der Waals surface area contributed by atoms with Gasteiger partial charge in [-0.25, -0.2) is 4.98 Å². The molecule has 0 amide bonds. The van der Waals surface area contributed by atoms with E-state index >= 15 is 0 Å². The van der Waals surface area contributed by atoms with Crippen molar-refractivity contribution in [3.63, 3.8) is 0 Å². The van der Waals surface area contributed by atoms with E-state index in [1.165, 1.54) is 12.8 Å². The minimum Gasteiger partial charge on any atom is -0.369 e. The van der Waals surface area contributed by atoms with Crippen LogP contribution in [0.15, 0.2) is 10.9 Å². The van der Waals surface area contributed by atoms with E-state index in [9.17, 15) is 4.79 Å². The van der Waals surface area contributed by atoms with Crippen molar-refractivity contribution in [1.82, 2.24) is 15.3 Å². The molecule has 0 aromatic carbocycles. The van der Waals surface area contributed by atoms with Gasteiger partial charge in [-0.1, -0.05) is 6.92 Å². The molecular weight excluding hydrogens is 240 g/mol. The standard InChI is InChI=1S/C14H22N4O/c1-14(4-6-15-7-5-14)9-16-11-8-12(19)18-13(17-11)10-2-3-10/h8,10,15H,2-7,9H2,1H3,(H2,16,17,18,19). The molecule has 3 rings (SSSR count). The minimum absolute atomic E-state index is 0.0464. The van der Waals surface area contributed by atoms with Crippen LogP contribution >= 0.6 is 0 Å². The molecule has 0 atom stereocenters. The lowest BCUT2D eigenvalue weighted by Gasteiger charge is -2.34. The summed E-state index contributed by atoms with van der Waals surface area (Å²) in [7, 11) is 0. The normalized spacial score (nSPS) is 22.2. The van der Waals surface area contributed by atoms with Gasteiger partial charge in [-0.05, 0) is 44.2 Å².